The summed E-state index contributed by atoms with van der Waals surface area (Å²) in [6.07, 6.45) is 7.93. The first kappa shape index (κ1) is 12.9. The summed E-state index contributed by atoms with van der Waals surface area (Å²) in [7, 11) is 0. The minimum atomic E-state index is -0.0822. The van der Waals surface area contributed by atoms with E-state index in [4.69, 9.17) is 0 Å². The molecule has 0 aromatic carbocycles. The minimum Gasteiger partial charge on any atom is -0.391 e. The van der Waals surface area contributed by atoms with Crippen molar-refractivity contribution in [3.05, 3.63) is 0 Å². The highest BCUT2D eigenvalue weighted by Crippen LogP contribution is 2.39. The molecular weight excluding hydrogens is 222 g/mol. The van der Waals surface area contributed by atoms with Gasteiger partial charge in [-0.3, -0.25) is 4.90 Å². The summed E-state index contributed by atoms with van der Waals surface area (Å²) in [5, 5.41) is 10.5. The predicted molar refractivity (Wildman–Crippen MR) is 74.4 cm³/mol. The second-order valence-electron chi connectivity index (χ2n) is 7.45. The molecule has 2 heteroatoms. The lowest BCUT2D eigenvalue weighted by atomic mass is 9.77. The zero-order valence-electron chi connectivity index (χ0n) is 12.0. The van der Waals surface area contributed by atoms with E-state index in [1.165, 1.54) is 45.2 Å². The Labute approximate surface area is 112 Å². The standard InChI is InChI=1S/C16H29NO/c1-11-7-12(2)16(15(18)8-11)17(9-13-3-4-13)10-14-5-6-14/h11-16,18H,3-10H2,1-2H3. The predicted octanol–water partition coefficient (Wildman–Crippen LogP) is 2.90. The van der Waals surface area contributed by atoms with Crippen molar-refractivity contribution in [2.75, 3.05) is 13.1 Å². The van der Waals surface area contributed by atoms with Crippen molar-refractivity contribution >= 4 is 0 Å². The first-order valence-corrected chi connectivity index (χ1v) is 8.05. The van der Waals surface area contributed by atoms with E-state index in [1.54, 1.807) is 0 Å². The Morgan fingerprint density at radius 3 is 1.94 bits per heavy atom. The topological polar surface area (TPSA) is 23.5 Å². The van der Waals surface area contributed by atoms with E-state index in [1.807, 2.05) is 0 Å². The second-order valence-corrected chi connectivity index (χ2v) is 7.45. The molecular formula is C16H29NO. The molecule has 0 saturated heterocycles. The van der Waals surface area contributed by atoms with Gasteiger partial charge in [0, 0.05) is 19.1 Å². The van der Waals surface area contributed by atoms with Gasteiger partial charge in [-0.15, -0.1) is 0 Å². The third kappa shape index (κ3) is 3.08. The van der Waals surface area contributed by atoms with Crippen LogP contribution < -0.4 is 0 Å². The Morgan fingerprint density at radius 2 is 1.50 bits per heavy atom. The molecule has 3 aliphatic rings. The third-order valence-corrected chi connectivity index (χ3v) is 5.20. The molecule has 0 heterocycles. The van der Waals surface area contributed by atoms with Crippen LogP contribution in [0.2, 0.25) is 0 Å². The Hall–Kier alpha value is -0.0800. The van der Waals surface area contributed by atoms with Gasteiger partial charge in [-0.05, 0) is 62.2 Å². The molecule has 4 atom stereocenters. The maximum Gasteiger partial charge on any atom is 0.0700 e. The van der Waals surface area contributed by atoms with Gasteiger partial charge in [-0.2, -0.15) is 0 Å². The molecule has 1 N–H and O–H groups in total. The average molecular weight is 251 g/mol. The Bertz CT molecular complexity index is 259. The van der Waals surface area contributed by atoms with Gasteiger partial charge in [0.15, 0.2) is 0 Å². The van der Waals surface area contributed by atoms with Crippen LogP contribution in [0, 0.1) is 23.7 Å². The number of nitrogens with zero attached hydrogens (tertiary/aromatic N) is 1. The van der Waals surface area contributed by atoms with Crippen molar-refractivity contribution in [1.29, 1.82) is 0 Å². The summed E-state index contributed by atoms with van der Waals surface area (Å²) in [4.78, 5) is 2.68. The molecule has 3 saturated carbocycles. The van der Waals surface area contributed by atoms with Crippen LogP contribution in [0.25, 0.3) is 0 Å². The first-order valence-electron chi connectivity index (χ1n) is 8.05. The van der Waals surface area contributed by atoms with E-state index in [9.17, 15) is 5.11 Å². The molecule has 104 valence electrons. The van der Waals surface area contributed by atoms with Crippen LogP contribution in [0.5, 0.6) is 0 Å². The van der Waals surface area contributed by atoms with Gasteiger partial charge in [0.25, 0.3) is 0 Å². The molecule has 2 nitrogen and oxygen atoms in total. The van der Waals surface area contributed by atoms with E-state index < -0.39 is 0 Å². The van der Waals surface area contributed by atoms with Crippen molar-refractivity contribution in [1.82, 2.24) is 4.90 Å². The van der Waals surface area contributed by atoms with Gasteiger partial charge in [-0.25, -0.2) is 0 Å². The van der Waals surface area contributed by atoms with E-state index in [0.717, 1.165) is 18.3 Å². The van der Waals surface area contributed by atoms with Crippen molar-refractivity contribution in [2.45, 2.75) is 64.5 Å². The summed E-state index contributed by atoms with van der Waals surface area (Å²) in [6, 6.07) is 0.447. The normalized spacial score (nSPS) is 41.3. The molecule has 0 aliphatic heterocycles. The summed E-state index contributed by atoms with van der Waals surface area (Å²) in [5.41, 5.74) is 0. The number of hydrogen-bond acceptors (Lipinski definition) is 2. The highest BCUT2D eigenvalue weighted by Gasteiger charge is 2.40. The summed E-state index contributed by atoms with van der Waals surface area (Å²) >= 11 is 0. The maximum absolute atomic E-state index is 10.5. The largest absolute Gasteiger partial charge is 0.391 e. The van der Waals surface area contributed by atoms with E-state index in [-0.39, 0.29) is 6.10 Å². The van der Waals surface area contributed by atoms with Crippen molar-refractivity contribution < 1.29 is 5.11 Å². The summed E-state index contributed by atoms with van der Waals surface area (Å²) in [5.74, 6) is 3.26. The molecule has 0 radical (unpaired) electrons. The maximum atomic E-state index is 10.5. The van der Waals surface area contributed by atoms with Crippen LogP contribution in [0.3, 0.4) is 0 Å². The fourth-order valence-corrected chi connectivity index (χ4v) is 3.99. The van der Waals surface area contributed by atoms with E-state index in [0.29, 0.717) is 17.9 Å². The Balaban J connectivity index is 1.65. The SMILES string of the molecule is CC1CC(C)C(N(CC2CC2)CC2CC2)C(O)C1. The fraction of sp³-hybridized carbons (Fsp3) is 1.00. The molecule has 0 amide bonds. The van der Waals surface area contributed by atoms with Crippen LogP contribution in [-0.2, 0) is 0 Å². The molecule has 18 heavy (non-hydrogen) atoms. The molecule has 0 aromatic rings. The molecule has 4 unspecified atom stereocenters. The smallest absolute Gasteiger partial charge is 0.0700 e. The molecule has 0 aromatic heterocycles. The van der Waals surface area contributed by atoms with Crippen LogP contribution in [-0.4, -0.2) is 35.2 Å². The van der Waals surface area contributed by atoms with Crippen molar-refractivity contribution in [3.63, 3.8) is 0 Å². The zero-order valence-corrected chi connectivity index (χ0v) is 12.0. The lowest BCUT2D eigenvalue weighted by molar-refractivity contribution is -0.0279. The van der Waals surface area contributed by atoms with Gasteiger partial charge in [0.1, 0.15) is 0 Å². The number of aliphatic hydroxyl groups is 1. The molecule has 3 rings (SSSR count). The highest BCUT2D eigenvalue weighted by atomic mass is 16.3. The van der Waals surface area contributed by atoms with Crippen molar-refractivity contribution in [3.8, 4) is 0 Å². The molecule has 0 spiro atoms. The quantitative estimate of drug-likeness (QED) is 0.812. The van der Waals surface area contributed by atoms with Crippen LogP contribution >= 0.6 is 0 Å². The van der Waals surface area contributed by atoms with Gasteiger partial charge >= 0.3 is 0 Å². The monoisotopic (exact) mass is 251 g/mol. The molecule has 3 aliphatic carbocycles. The number of hydrogen-bond donors (Lipinski definition) is 1. The van der Waals surface area contributed by atoms with Crippen LogP contribution in [0.4, 0.5) is 0 Å². The lowest BCUT2D eigenvalue weighted by Gasteiger charge is -2.44. The Kier molecular flexibility index (Phi) is 3.68. The summed E-state index contributed by atoms with van der Waals surface area (Å²) < 4.78 is 0. The van der Waals surface area contributed by atoms with Gasteiger partial charge < -0.3 is 5.11 Å². The highest BCUT2D eigenvalue weighted by molar-refractivity contribution is 4.93. The third-order valence-electron chi connectivity index (χ3n) is 5.20. The molecule has 0 bridgehead atoms. The second kappa shape index (κ2) is 5.13. The van der Waals surface area contributed by atoms with Crippen LogP contribution in [0.1, 0.15) is 52.4 Å². The van der Waals surface area contributed by atoms with E-state index in [2.05, 4.69) is 18.7 Å². The van der Waals surface area contributed by atoms with Crippen LogP contribution in [0.15, 0.2) is 0 Å². The van der Waals surface area contributed by atoms with Gasteiger partial charge in [-0.1, -0.05) is 13.8 Å². The zero-order chi connectivity index (χ0) is 12.7. The number of aliphatic hydroxyl groups excluding tert-OH is 1. The first-order chi connectivity index (χ1) is 8.63. The summed E-state index contributed by atoms with van der Waals surface area (Å²) in [6.45, 7) is 7.17. The lowest BCUT2D eigenvalue weighted by Crippen LogP contribution is -2.52. The van der Waals surface area contributed by atoms with Gasteiger partial charge in [0.05, 0.1) is 6.10 Å². The average Bonchev–Trinajstić information content (AvgIpc) is 3.10. The molecule has 3 fully saturated rings. The van der Waals surface area contributed by atoms with E-state index >= 15 is 0 Å². The minimum absolute atomic E-state index is 0.0822. The fourth-order valence-electron chi connectivity index (χ4n) is 3.99. The number of rotatable bonds is 5. The van der Waals surface area contributed by atoms with Crippen molar-refractivity contribution in [2.24, 2.45) is 23.7 Å². The Morgan fingerprint density at radius 1 is 0.944 bits per heavy atom. The van der Waals surface area contributed by atoms with Gasteiger partial charge in [0.2, 0.25) is 0 Å².